The van der Waals surface area contributed by atoms with E-state index in [1.165, 1.54) is 0 Å². The van der Waals surface area contributed by atoms with Gasteiger partial charge in [0.2, 0.25) is 11.8 Å². The summed E-state index contributed by atoms with van der Waals surface area (Å²) >= 11 is 0. The van der Waals surface area contributed by atoms with E-state index >= 15 is 0 Å². The molecule has 3 aromatic rings. The van der Waals surface area contributed by atoms with Crippen LogP contribution in [0.15, 0.2) is 72.8 Å². The predicted octanol–water partition coefficient (Wildman–Crippen LogP) is 4.87. The highest BCUT2D eigenvalue weighted by Gasteiger charge is 2.63. The van der Waals surface area contributed by atoms with Gasteiger partial charge in [-0.05, 0) is 53.6 Å². The van der Waals surface area contributed by atoms with Crippen LogP contribution in [0.2, 0.25) is 0 Å². The normalized spacial score (nSPS) is 22.3. The lowest BCUT2D eigenvalue weighted by Crippen LogP contribution is -2.47. The Morgan fingerprint density at radius 2 is 1.31 bits per heavy atom. The number of anilines is 1. The minimum Gasteiger partial charge on any atom is -0.492 e. The van der Waals surface area contributed by atoms with Gasteiger partial charge in [0, 0.05) is 11.8 Å². The van der Waals surface area contributed by atoms with Crippen molar-refractivity contribution in [1.29, 1.82) is 0 Å². The van der Waals surface area contributed by atoms with Gasteiger partial charge in [-0.3, -0.25) is 19.3 Å². The first-order chi connectivity index (χ1) is 20.3. The summed E-state index contributed by atoms with van der Waals surface area (Å²) in [6, 6.07) is 21.9. The van der Waals surface area contributed by atoms with E-state index in [0.717, 1.165) is 27.2 Å². The first-order valence-electron chi connectivity index (χ1n) is 14.5. The van der Waals surface area contributed by atoms with Crippen LogP contribution in [0.4, 0.5) is 5.69 Å². The first-order valence-corrected chi connectivity index (χ1v) is 14.5. The Morgan fingerprint density at radius 3 is 1.81 bits per heavy atom. The molecule has 216 valence electrons. The second-order valence-electron chi connectivity index (χ2n) is 11.5. The number of hydrogen-bond donors (Lipinski definition) is 1. The lowest BCUT2D eigenvalue weighted by molar-refractivity contribution is -0.160. The molecule has 0 saturated carbocycles. The smallest absolute Gasteiger partial charge is 0.329 e. The highest BCUT2D eigenvalue weighted by molar-refractivity contribution is 6.10. The van der Waals surface area contributed by atoms with Crippen molar-refractivity contribution in [2.24, 2.45) is 17.8 Å². The molecular weight excluding hydrogens is 532 g/mol. The van der Waals surface area contributed by atoms with Crippen LogP contribution in [0.5, 0.6) is 5.75 Å². The number of ether oxygens (including phenoxy) is 2. The Bertz CT molecular complexity index is 1450. The summed E-state index contributed by atoms with van der Waals surface area (Å²) in [5.41, 5.74) is 4.73. The number of nitrogens with one attached hydrogen (secondary N) is 1. The average molecular weight is 567 g/mol. The van der Waals surface area contributed by atoms with Crippen LogP contribution in [0.3, 0.4) is 0 Å². The monoisotopic (exact) mass is 566 g/mol. The molecule has 0 radical (unpaired) electrons. The van der Waals surface area contributed by atoms with E-state index in [9.17, 15) is 19.2 Å². The van der Waals surface area contributed by atoms with Gasteiger partial charge in [0.15, 0.2) is 6.61 Å². The number of carbonyl (C=O) groups excluding carboxylic acids is 4. The van der Waals surface area contributed by atoms with Gasteiger partial charge in [-0.15, -0.1) is 0 Å². The molecule has 7 rings (SSSR count). The van der Waals surface area contributed by atoms with Gasteiger partial charge >= 0.3 is 5.97 Å². The maximum atomic E-state index is 14.2. The minimum atomic E-state index is -1.12. The average Bonchev–Trinajstić information content (AvgIpc) is 3.25. The number of para-hydroxylation sites is 2. The van der Waals surface area contributed by atoms with Crippen molar-refractivity contribution in [3.05, 3.63) is 95.1 Å². The van der Waals surface area contributed by atoms with E-state index in [1.54, 1.807) is 24.3 Å². The predicted molar refractivity (Wildman–Crippen MR) is 156 cm³/mol. The highest BCUT2D eigenvalue weighted by atomic mass is 16.5. The Labute approximate surface area is 245 Å². The van der Waals surface area contributed by atoms with E-state index in [4.69, 9.17) is 9.47 Å². The molecule has 42 heavy (non-hydrogen) atoms. The fourth-order valence-corrected chi connectivity index (χ4v) is 7.03. The van der Waals surface area contributed by atoms with Crippen LogP contribution in [-0.4, -0.2) is 47.8 Å². The summed E-state index contributed by atoms with van der Waals surface area (Å²) in [7, 11) is 0. The van der Waals surface area contributed by atoms with Crippen molar-refractivity contribution in [1.82, 2.24) is 4.90 Å². The number of esters is 1. The molecule has 3 aromatic carbocycles. The van der Waals surface area contributed by atoms with Crippen LogP contribution in [0.25, 0.3) is 0 Å². The second kappa shape index (κ2) is 11.1. The van der Waals surface area contributed by atoms with E-state index in [0.29, 0.717) is 18.0 Å². The summed E-state index contributed by atoms with van der Waals surface area (Å²) in [6.45, 7) is 5.56. The molecule has 1 N–H and O–H groups in total. The van der Waals surface area contributed by atoms with Crippen LogP contribution in [0, 0.1) is 17.8 Å². The Morgan fingerprint density at radius 1 is 0.810 bits per heavy atom. The van der Waals surface area contributed by atoms with Crippen LogP contribution < -0.4 is 10.1 Å². The summed E-state index contributed by atoms with van der Waals surface area (Å²) in [6.07, 6.45) is 0.236. The molecule has 3 aliphatic carbocycles. The molecular formula is C34H34N2O6. The molecule has 1 aliphatic heterocycles. The van der Waals surface area contributed by atoms with Crippen molar-refractivity contribution in [3.63, 3.8) is 0 Å². The van der Waals surface area contributed by atoms with Crippen LogP contribution in [-0.2, 0) is 23.9 Å². The van der Waals surface area contributed by atoms with Gasteiger partial charge in [0.25, 0.3) is 5.91 Å². The van der Waals surface area contributed by atoms with E-state index in [-0.39, 0.29) is 36.0 Å². The Hall–Kier alpha value is -4.46. The number of rotatable bonds is 9. The van der Waals surface area contributed by atoms with Crippen molar-refractivity contribution in [3.8, 4) is 5.75 Å². The van der Waals surface area contributed by atoms with Crippen molar-refractivity contribution < 1.29 is 28.7 Å². The third-order valence-corrected chi connectivity index (χ3v) is 8.57. The summed E-state index contributed by atoms with van der Waals surface area (Å²) in [5, 5.41) is 2.71. The quantitative estimate of drug-likeness (QED) is 0.293. The zero-order valence-electron chi connectivity index (χ0n) is 23.9. The molecule has 4 aliphatic rings. The maximum Gasteiger partial charge on any atom is 0.329 e. The molecule has 8 heteroatoms. The lowest BCUT2D eigenvalue weighted by atomic mass is 9.55. The molecule has 8 nitrogen and oxygen atoms in total. The van der Waals surface area contributed by atoms with Gasteiger partial charge in [-0.1, -0.05) is 74.5 Å². The number of amides is 3. The molecule has 1 saturated heterocycles. The Balaban J connectivity index is 1.25. The van der Waals surface area contributed by atoms with Crippen LogP contribution in [0.1, 0.15) is 61.3 Å². The fourth-order valence-electron chi connectivity index (χ4n) is 7.03. The van der Waals surface area contributed by atoms with Gasteiger partial charge in [0.1, 0.15) is 11.8 Å². The lowest BCUT2D eigenvalue weighted by Gasteiger charge is -2.45. The van der Waals surface area contributed by atoms with Gasteiger partial charge in [-0.2, -0.15) is 0 Å². The third kappa shape index (κ3) is 4.55. The number of carbonyl (C=O) groups is 4. The van der Waals surface area contributed by atoms with Crippen molar-refractivity contribution in [2.75, 3.05) is 18.5 Å². The number of benzene rings is 3. The highest BCUT2D eigenvalue weighted by Crippen LogP contribution is 2.61. The molecule has 2 bridgehead atoms. The van der Waals surface area contributed by atoms with E-state index in [1.807, 2.05) is 69.3 Å². The van der Waals surface area contributed by atoms with Gasteiger partial charge in [-0.25, -0.2) is 4.79 Å². The molecule has 0 aromatic heterocycles. The third-order valence-electron chi connectivity index (χ3n) is 8.57. The number of imide groups is 1. The summed E-state index contributed by atoms with van der Waals surface area (Å²) < 4.78 is 11.0. The summed E-state index contributed by atoms with van der Waals surface area (Å²) in [4.78, 5) is 55.7. The molecule has 3 atom stereocenters. The molecule has 3 amide bonds. The number of nitrogens with zero attached hydrogens (tertiary/aromatic N) is 1. The van der Waals surface area contributed by atoms with Crippen molar-refractivity contribution in [2.45, 2.75) is 45.1 Å². The molecule has 0 spiro atoms. The topological polar surface area (TPSA) is 102 Å². The largest absolute Gasteiger partial charge is 0.492 e. The SMILES string of the molecule is CCOc1ccccc1NC(=O)COC(=O)[C@H](CC(C)C)N1C(=O)[C@H]2C3c4ccccc4C(c4ccccc43)[C@@H]2C1=O. The molecule has 1 heterocycles. The minimum absolute atomic E-state index is 0.0104. The van der Waals surface area contributed by atoms with Gasteiger partial charge in [0.05, 0.1) is 24.1 Å². The second-order valence-corrected chi connectivity index (χ2v) is 11.5. The van der Waals surface area contributed by atoms with E-state index in [2.05, 4.69) is 5.32 Å². The molecule has 0 unspecified atom stereocenters. The molecule has 1 fully saturated rings. The van der Waals surface area contributed by atoms with Crippen LogP contribution >= 0.6 is 0 Å². The standard InChI is InChI=1S/C34H34N2O6/c1-4-41-26-16-10-9-15-24(26)35-27(37)18-42-34(40)25(17-19(2)3)36-32(38)30-28-20-11-5-6-12-21(20)29(31(30)33(36)39)23-14-8-7-13-22(23)28/h5-16,19,25,28-31H,4,17-18H2,1-3H3,(H,35,37)/t25-,28?,29?,30-,31-/m0/s1. The maximum absolute atomic E-state index is 14.2. The zero-order valence-corrected chi connectivity index (χ0v) is 23.9. The fraction of sp³-hybridized carbons (Fsp3) is 0.353. The summed E-state index contributed by atoms with van der Waals surface area (Å²) in [5.74, 6) is -3.21. The first kappa shape index (κ1) is 27.7. The van der Waals surface area contributed by atoms with Gasteiger partial charge < -0.3 is 14.8 Å². The number of hydrogen-bond acceptors (Lipinski definition) is 6. The number of likely N-dealkylation sites (tertiary alicyclic amines) is 1. The van der Waals surface area contributed by atoms with Crippen molar-refractivity contribution >= 4 is 29.4 Å². The zero-order chi connectivity index (χ0) is 29.5. The Kier molecular flexibility index (Phi) is 7.31. The van der Waals surface area contributed by atoms with E-state index < -0.39 is 36.4 Å².